The highest BCUT2D eigenvalue weighted by atomic mass is 19.4. The van der Waals surface area contributed by atoms with Gasteiger partial charge in [-0.25, -0.2) is 0 Å². The zero-order valence-electron chi connectivity index (χ0n) is 10.1. The van der Waals surface area contributed by atoms with Gasteiger partial charge in [0.2, 0.25) is 5.91 Å². The summed E-state index contributed by atoms with van der Waals surface area (Å²) >= 11 is 0. The molecular formula is C11H19F3N2O. The topological polar surface area (TPSA) is 41.1 Å². The van der Waals surface area contributed by atoms with Crippen molar-refractivity contribution in [2.24, 2.45) is 0 Å². The van der Waals surface area contributed by atoms with Crippen LogP contribution in [0.15, 0.2) is 0 Å². The molecule has 1 fully saturated rings. The Morgan fingerprint density at radius 3 is 2.65 bits per heavy atom. The van der Waals surface area contributed by atoms with Crippen molar-refractivity contribution in [1.82, 2.24) is 10.6 Å². The van der Waals surface area contributed by atoms with Crippen LogP contribution in [-0.2, 0) is 4.79 Å². The molecule has 0 spiro atoms. The molecule has 1 saturated heterocycles. The monoisotopic (exact) mass is 252 g/mol. The predicted molar refractivity (Wildman–Crippen MR) is 58.5 cm³/mol. The van der Waals surface area contributed by atoms with Crippen molar-refractivity contribution in [3.63, 3.8) is 0 Å². The van der Waals surface area contributed by atoms with E-state index in [2.05, 4.69) is 10.6 Å². The highest BCUT2D eigenvalue weighted by Crippen LogP contribution is 2.21. The molecule has 100 valence electrons. The van der Waals surface area contributed by atoms with E-state index in [4.69, 9.17) is 0 Å². The summed E-state index contributed by atoms with van der Waals surface area (Å²) in [5.74, 6) is -0.326. The Balaban J connectivity index is 2.38. The van der Waals surface area contributed by atoms with Crippen LogP contribution < -0.4 is 10.6 Å². The molecular weight excluding hydrogens is 233 g/mol. The normalized spacial score (nSPS) is 27.6. The fourth-order valence-electron chi connectivity index (χ4n) is 2.09. The van der Waals surface area contributed by atoms with E-state index >= 15 is 0 Å². The van der Waals surface area contributed by atoms with E-state index in [9.17, 15) is 18.0 Å². The quantitative estimate of drug-likeness (QED) is 0.806. The SMILES string of the molecule is CC(CC(F)(F)F)NC(=O)C1CCCC(C)N1. The number of nitrogens with one attached hydrogen (secondary N) is 2. The van der Waals surface area contributed by atoms with Gasteiger partial charge in [0, 0.05) is 12.1 Å². The molecule has 0 bridgehead atoms. The van der Waals surface area contributed by atoms with E-state index in [1.54, 1.807) is 0 Å². The molecule has 0 aromatic rings. The van der Waals surface area contributed by atoms with Crippen LogP contribution in [-0.4, -0.2) is 30.2 Å². The number of rotatable bonds is 3. The smallest absolute Gasteiger partial charge is 0.352 e. The van der Waals surface area contributed by atoms with Crippen LogP contribution in [0.5, 0.6) is 0 Å². The molecule has 1 aliphatic rings. The second-order valence-electron chi connectivity index (χ2n) is 4.78. The third-order valence-electron chi connectivity index (χ3n) is 2.86. The summed E-state index contributed by atoms with van der Waals surface area (Å²) in [5.41, 5.74) is 0. The number of carbonyl (C=O) groups is 1. The van der Waals surface area contributed by atoms with Crippen molar-refractivity contribution in [2.45, 2.75) is 63.8 Å². The van der Waals surface area contributed by atoms with Gasteiger partial charge in [-0.05, 0) is 33.1 Å². The number of carbonyl (C=O) groups excluding carboxylic acids is 1. The van der Waals surface area contributed by atoms with Crippen molar-refractivity contribution in [3.8, 4) is 0 Å². The first-order valence-corrected chi connectivity index (χ1v) is 5.91. The number of alkyl halides is 3. The zero-order chi connectivity index (χ0) is 13.1. The summed E-state index contributed by atoms with van der Waals surface area (Å²) in [5, 5.41) is 5.50. The molecule has 3 nitrogen and oxygen atoms in total. The molecule has 3 atom stereocenters. The van der Waals surface area contributed by atoms with Gasteiger partial charge in [0.15, 0.2) is 0 Å². The van der Waals surface area contributed by atoms with E-state index in [1.807, 2.05) is 6.92 Å². The van der Waals surface area contributed by atoms with Gasteiger partial charge in [-0.3, -0.25) is 4.79 Å². The zero-order valence-corrected chi connectivity index (χ0v) is 10.1. The van der Waals surface area contributed by atoms with E-state index in [1.165, 1.54) is 6.92 Å². The minimum atomic E-state index is -4.24. The van der Waals surface area contributed by atoms with Gasteiger partial charge in [0.05, 0.1) is 12.5 Å². The van der Waals surface area contributed by atoms with Crippen molar-refractivity contribution < 1.29 is 18.0 Å². The number of hydrogen-bond acceptors (Lipinski definition) is 2. The van der Waals surface area contributed by atoms with Gasteiger partial charge >= 0.3 is 6.18 Å². The fraction of sp³-hybridized carbons (Fsp3) is 0.909. The first-order valence-electron chi connectivity index (χ1n) is 5.91. The summed E-state index contributed by atoms with van der Waals surface area (Å²) in [4.78, 5) is 11.7. The summed E-state index contributed by atoms with van der Waals surface area (Å²) in [7, 11) is 0. The molecule has 3 unspecified atom stereocenters. The number of hydrogen-bond donors (Lipinski definition) is 2. The van der Waals surface area contributed by atoms with Crippen molar-refractivity contribution in [2.75, 3.05) is 0 Å². The highest BCUT2D eigenvalue weighted by Gasteiger charge is 2.32. The number of piperidine rings is 1. The molecule has 1 amide bonds. The van der Waals surface area contributed by atoms with Crippen LogP contribution in [0.4, 0.5) is 13.2 Å². The molecule has 0 saturated carbocycles. The van der Waals surface area contributed by atoms with Gasteiger partial charge in [0.1, 0.15) is 0 Å². The van der Waals surface area contributed by atoms with Gasteiger partial charge in [-0.1, -0.05) is 0 Å². The largest absolute Gasteiger partial charge is 0.391 e. The predicted octanol–water partition coefficient (Wildman–Crippen LogP) is 1.97. The first kappa shape index (κ1) is 14.3. The molecule has 0 aromatic carbocycles. The molecule has 1 heterocycles. The average Bonchev–Trinajstić information content (AvgIpc) is 2.14. The maximum Gasteiger partial charge on any atom is 0.391 e. The second-order valence-corrected chi connectivity index (χ2v) is 4.78. The lowest BCUT2D eigenvalue weighted by molar-refractivity contribution is -0.142. The van der Waals surface area contributed by atoms with E-state index in [0.29, 0.717) is 6.42 Å². The summed E-state index contributed by atoms with van der Waals surface area (Å²) in [6.45, 7) is 3.34. The van der Waals surface area contributed by atoms with Crippen molar-refractivity contribution >= 4 is 5.91 Å². The summed E-state index contributed by atoms with van der Waals surface area (Å²) < 4.78 is 36.3. The van der Waals surface area contributed by atoms with Crippen LogP contribution in [0.1, 0.15) is 39.5 Å². The van der Waals surface area contributed by atoms with Crippen LogP contribution >= 0.6 is 0 Å². The Morgan fingerprint density at radius 1 is 1.47 bits per heavy atom. The van der Waals surface area contributed by atoms with Crippen LogP contribution in [0.25, 0.3) is 0 Å². The Morgan fingerprint density at radius 2 is 2.12 bits per heavy atom. The summed E-state index contributed by atoms with van der Waals surface area (Å²) in [6.07, 6.45) is -2.60. The Labute approximate surface area is 99.1 Å². The third-order valence-corrected chi connectivity index (χ3v) is 2.86. The van der Waals surface area contributed by atoms with Crippen LogP contribution in [0.2, 0.25) is 0 Å². The fourth-order valence-corrected chi connectivity index (χ4v) is 2.09. The number of amides is 1. The third kappa shape index (κ3) is 5.39. The van der Waals surface area contributed by atoms with Gasteiger partial charge in [-0.2, -0.15) is 13.2 Å². The molecule has 1 rings (SSSR count). The van der Waals surface area contributed by atoms with E-state index in [-0.39, 0.29) is 18.0 Å². The van der Waals surface area contributed by atoms with E-state index in [0.717, 1.165) is 12.8 Å². The van der Waals surface area contributed by atoms with Gasteiger partial charge < -0.3 is 10.6 Å². The maximum atomic E-state index is 12.1. The molecule has 6 heteroatoms. The number of halogens is 3. The first-order chi connectivity index (χ1) is 7.78. The molecule has 2 N–H and O–H groups in total. The van der Waals surface area contributed by atoms with Crippen molar-refractivity contribution in [1.29, 1.82) is 0 Å². The van der Waals surface area contributed by atoms with Crippen LogP contribution in [0, 0.1) is 0 Å². The molecule has 1 aliphatic heterocycles. The molecule has 17 heavy (non-hydrogen) atoms. The second kappa shape index (κ2) is 5.71. The van der Waals surface area contributed by atoms with Crippen molar-refractivity contribution in [3.05, 3.63) is 0 Å². The molecule has 0 radical (unpaired) electrons. The van der Waals surface area contributed by atoms with Gasteiger partial charge in [0.25, 0.3) is 0 Å². The lowest BCUT2D eigenvalue weighted by Gasteiger charge is -2.29. The Bertz CT molecular complexity index is 268. The molecule has 0 aromatic heterocycles. The maximum absolute atomic E-state index is 12.1. The lowest BCUT2D eigenvalue weighted by Crippen LogP contribution is -2.52. The highest BCUT2D eigenvalue weighted by molar-refractivity contribution is 5.82. The molecule has 0 aliphatic carbocycles. The lowest BCUT2D eigenvalue weighted by atomic mass is 9.99. The Hall–Kier alpha value is -0.780. The standard InChI is InChI=1S/C11H19F3N2O/c1-7-4-3-5-9(15-7)10(17)16-8(2)6-11(12,13)14/h7-9,15H,3-6H2,1-2H3,(H,16,17). The minimum absolute atomic E-state index is 0.248. The van der Waals surface area contributed by atoms with Crippen LogP contribution in [0.3, 0.4) is 0 Å². The van der Waals surface area contributed by atoms with E-state index < -0.39 is 18.6 Å². The summed E-state index contributed by atoms with van der Waals surface area (Å²) in [6, 6.07) is -0.978. The minimum Gasteiger partial charge on any atom is -0.352 e. The average molecular weight is 252 g/mol. The van der Waals surface area contributed by atoms with Gasteiger partial charge in [-0.15, -0.1) is 0 Å². The Kier molecular flexibility index (Phi) is 4.80.